The third kappa shape index (κ3) is 2.95. The normalized spacial score (nSPS) is 16.7. The number of rotatable bonds is 3. The Bertz CT molecular complexity index is 705. The Hall–Kier alpha value is -2.01. The van der Waals surface area contributed by atoms with Crippen LogP contribution in [0.5, 0.6) is 5.75 Å². The van der Waals surface area contributed by atoms with E-state index in [1.807, 2.05) is 6.07 Å². The molecule has 0 saturated heterocycles. The third-order valence-electron chi connectivity index (χ3n) is 3.66. The smallest absolute Gasteiger partial charge is 0.251 e. The summed E-state index contributed by atoms with van der Waals surface area (Å²) < 4.78 is 19.0. The number of thioether (sulfide) groups is 1. The highest BCUT2D eigenvalue weighted by molar-refractivity contribution is 7.99. The number of carbonyl (C=O) groups excluding carboxylic acids is 1. The van der Waals surface area contributed by atoms with Crippen molar-refractivity contribution in [3.05, 3.63) is 59.4 Å². The van der Waals surface area contributed by atoms with Crippen LogP contribution < -0.4 is 10.1 Å². The zero-order chi connectivity index (χ0) is 15.5. The Morgan fingerprint density at radius 1 is 1.32 bits per heavy atom. The lowest BCUT2D eigenvalue weighted by molar-refractivity contribution is 0.0934. The molecule has 1 aliphatic rings. The van der Waals surface area contributed by atoms with E-state index in [0.717, 1.165) is 17.7 Å². The number of hydrogen-bond donors (Lipinski definition) is 1. The largest absolute Gasteiger partial charge is 0.497 e. The van der Waals surface area contributed by atoms with E-state index in [1.54, 1.807) is 37.4 Å². The average molecular weight is 317 g/mol. The lowest BCUT2D eigenvalue weighted by atomic mass is 10.0. The van der Waals surface area contributed by atoms with Crippen LogP contribution in [-0.4, -0.2) is 18.8 Å². The molecule has 1 aliphatic heterocycles. The summed E-state index contributed by atoms with van der Waals surface area (Å²) in [5.41, 5.74) is 1.39. The van der Waals surface area contributed by atoms with E-state index in [-0.39, 0.29) is 17.8 Å². The molecule has 3 rings (SSSR count). The van der Waals surface area contributed by atoms with Crippen molar-refractivity contribution in [2.75, 3.05) is 12.9 Å². The van der Waals surface area contributed by atoms with Crippen LogP contribution in [0.4, 0.5) is 4.39 Å². The first-order valence-corrected chi connectivity index (χ1v) is 8.03. The van der Waals surface area contributed by atoms with E-state index < -0.39 is 0 Å². The molecule has 0 aliphatic carbocycles. The van der Waals surface area contributed by atoms with Crippen LogP contribution in [0.15, 0.2) is 47.4 Å². The van der Waals surface area contributed by atoms with Crippen LogP contribution in [0, 0.1) is 5.82 Å². The molecule has 0 aromatic heterocycles. The summed E-state index contributed by atoms with van der Waals surface area (Å²) in [5.74, 6) is 1.03. The van der Waals surface area contributed by atoms with E-state index in [2.05, 4.69) is 5.32 Å². The number of halogens is 1. The molecule has 114 valence electrons. The Balaban J connectivity index is 1.82. The average Bonchev–Trinajstić information content (AvgIpc) is 2.56. The van der Waals surface area contributed by atoms with Crippen LogP contribution in [-0.2, 0) is 0 Å². The Labute approximate surface area is 132 Å². The predicted octanol–water partition coefficient (Wildman–Crippen LogP) is 3.80. The number of benzene rings is 2. The van der Waals surface area contributed by atoms with Crippen molar-refractivity contribution in [1.82, 2.24) is 5.32 Å². The number of fused-ring (bicyclic) bond motifs is 1. The molecule has 0 saturated carbocycles. The van der Waals surface area contributed by atoms with Gasteiger partial charge in [-0.15, -0.1) is 11.8 Å². The summed E-state index contributed by atoms with van der Waals surface area (Å²) in [4.78, 5) is 13.1. The standard InChI is InChI=1S/C17H16FNO2S/c1-21-12-5-2-4-11(10-12)17(20)19-15-8-9-22-16-13(15)6-3-7-14(16)18/h2-7,10,15H,8-9H2,1H3,(H,19,20)/t15-/m0/s1. The van der Waals surface area contributed by atoms with Gasteiger partial charge in [-0.3, -0.25) is 4.79 Å². The topological polar surface area (TPSA) is 38.3 Å². The summed E-state index contributed by atoms with van der Waals surface area (Å²) in [5, 5.41) is 3.00. The number of hydrogen-bond acceptors (Lipinski definition) is 3. The molecule has 1 amide bonds. The summed E-state index contributed by atoms with van der Waals surface area (Å²) in [6.45, 7) is 0. The second-order valence-corrected chi connectivity index (χ2v) is 6.16. The maximum Gasteiger partial charge on any atom is 0.251 e. The number of nitrogens with one attached hydrogen (secondary N) is 1. The predicted molar refractivity (Wildman–Crippen MR) is 84.9 cm³/mol. The van der Waals surface area contributed by atoms with Gasteiger partial charge in [-0.2, -0.15) is 0 Å². The van der Waals surface area contributed by atoms with E-state index in [4.69, 9.17) is 4.74 Å². The molecule has 0 radical (unpaired) electrons. The first-order valence-electron chi connectivity index (χ1n) is 7.05. The van der Waals surface area contributed by atoms with Gasteiger partial charge in [0.2, 0.25) is 0 Å². The van der Waals surface area contributed by atoms with Crippen LogP contribution in [0.2, 0.25) is 0 Å². The van der Waals surface area contributed by atoms with E-state index >= 15 is 0 Å². The van der Waals surface area contributed by atoms with Gasteiger partial charge in [-0.25, -0.2) is 4.39 Å². The molecule has 22 heavy (non-hydrogen) atoms. The Morgan fingerprint density at radius 3 is 2.95 bits per heavy atom. The fourth-order valence-electron chi connectivity index (χ4n) is 2.54. The van der Waals surface area contributed by atoms with E-state index in [1.165, 1.54) is 17.8 Å². The van der Waals surface area contributed by atoms with Crippen molar-refractivity contribution in [3.8, 4) is 5.75 Å². The molecule has 0 unspecified atom stereocenters. The number of amides is 1. The van der Waals surface area contributed by atoms with Crippen molar-refractivity contribution in [2.24, 2.45) is 0 Å². The molecule has 0 spiro atoms. The SMILES string of the molecule is COc1cccc(C(=O)N[C@H]2CCSc3c(F)cccc32)c1. The molecule has 3 nitrogen and oxygen atoms in total. The summed E-state index contributed by atoms with van der Waals surface area (Å²) in [6.07, 6.45) is 0.789. The third-order valence-corrected chi connectivity index (χ3v) is 4.82. The number of ether oxygens (including phenoxy) is 1. The summed E-state index contributed by atoms with van der Waals surface area (Å²) in [7, 11) is 1.56. The highest BCUT2D eigenvalue weighted by Crippen LogP contribution is 2.37. The first-order chi connectivity index (χ1) is 10.7. The van der Waals surface area contributed by atoms with Crippen molar-refractivity contribution < 1.29 is 13.9 Å². The zero-order valence-corrected chi connectivity index (χ0v) is 13.0. The van der Waals surface area contributed by atoms with Gasteiger partial charge in [-0.1, -0.05) is 18.2 Å². The second-order valence-electron chi connectivity index (χ2n) is 5.05. The molecular weight excluding hydrogens is 301 g/mol. The minimum atomic E-state index is -0.220. The monoisotopic (exact) mass is 317 g/mol. The fourth-order valence-corrected chi connectivity index (χ4v) is 3.68. The van der Waals surface area contributed by atoms with E-state index in [9.17, 15) is 9.18 Å². The van der Waals surface area contributed by atoms with Gasteiger partial charge in [0, 0.05) is 16.2 Å². The molecule has 5 heteroatoms. The minimum Gasteiger partial charge on any atom is -0.497 e. The zero-order valence-electron chi connectivity index (χ0n) is 12.1. The molecule has 0 fully saturated rings. The second kappa shape index (κ2) is 6.40. The van der Waals surface area contributed by atoms with Gasteiger partial charge in [0.05, 0.1) is 13.2 Å². The maximum absolute atomic E-state index is 13.9. The van der Waals surface area contributed by atoms with Crippen LogP contribution in [0.3, 0.4) is 0 Å². The Kier molecular flexibility index (Phi) is 4.34. The molecule has 1 N–H and O–H groups in total. The van der Waals surface area contributed by atoms with Crippen LogP contribution in [0.25, 0.3) is 0 Å². The summed E-state index contributed by atoms with van der Waals surface area (Å²) in [6, 6.07) is 11.9. The van der Waals surface area contributed by atoms with Gasteiger partial charge in [0.15, 0.2) is 0 Å². The fraction of sp³-hybridized carbons (Fsp3) is 0.235. The molecule has 1 atom stereocenters. The van der Waals surface area contributed by atoms with Crippen molar-refractivity contribution in [2.45, 2.75) is 17.4 Å². The van der Waals surface area contributed by atoms with Gasteiger partial charge < -0.3 is 10.1 Å². The van der Waals surface area contributed by atoms with Gasteiger partial charge >= 0.3 is 0 Å². The lowest BCUT2D eigenvalue weighted by Crippen LogP contribution is -2.30. The lowest BCUT2D eigenvalue weighted by Gasteiger charge is -2.26. The van der Waals surface area contributed by atoms with Gasteiger partial charge in [0.25, 0.3) is 5.91 Å². The van der Waals surface area contributed by atoms with Crippen molar-refractivity contribution in [1.29, 1.82) is 0 Å². The first kappa shape index (κ1) is 14.9. The summed E-state index contributed by atoms with van der Waals surface area (Å²) >= 11 is 1.50. The maximum atomic E-state index is 13.9. The van der Waals surface area contributed by atoms with Crippen molar-refractivity contribution >= 4 is 17.7 Å². The highest BCUT2D eigenvalue weighted by atomic mass is 32.2. The van der Waals surface area contributed by atoms with E-state index in [0.29, 0.717) is 16.2 Å². The highest BCUT2D eigenvalue weighted by Gasteiger charge is 2.24. The molecule has 2 aromatic rings. The van der Waals surface area contributed by atoms with Crippen LogP contribution in [0.1, 0.15) is 28.4 Å². The van der Waals surface area contributed by atoms with Gasteiger partial charge in [0.1, 0.15) is 11.6 Å². The molecule has 2 aromatic carbocycles. The molecule has 0 bridgehead atoms. The number of carbonyl (C=O) groups is 1. The molecular formula is C17H16FNO2S. The minimum absolute atomic E-state index is 0.161. The number of methoxy groups -OCH3 is 1. The Morgan fingerprint density at radius 2 is 2.14 bits per heavy atom. The molecule has 1 heterocycles. The van der Waals surface area contributed by atoms with Gasteiger partial charge in [-0.05, 0) is 36.2 Å². The quantitative estimate of drug-likeness (QED) is 0.936. The van der Waals surface area contributed by atoms with Crippen LogP contribution >= 0.6 is 11.8 Å². The van der Waals surface area contributed by atoms with Crippen molar-refractivity contribution in [3.63, 3.8) is 0 Å².